The highest BCUT2D eigenvalue weighted by molar-refractivity contribution is 5.91. The SMILES string of the molecule is C=C/C1=C(\C=C)N(C(=O)CCC(=O)NCCC(C)C)Cc2ccccc2-c2c1nnn2C. The first kappa shape index (κ1) is 23.2. The van der Waals surface area contributed by atoms with Crippen LogP contribution in [-0.2, 0) is 23.2 Å². The van der Waals surface area contributed by atoms with Crippen molar-refractivity contribution in [2.45, 2.75) is 39.7 Å². The molecule has 7 nitrogen and oxygen atoms in total. The molecule has 2 heterocycles. The minimum absolute atomic E-state index is 0.102. The van der Waals surface area contributed by atoms with E-state index in [2.05, 4.69) is 42.6 Å². The van der Waals surface area contributed by atoms with Gasteiger partial charge >= 0.3 is 0 Å². The molecule has 0 atom stereocenters. The van der Waals surface area contributed by atoms with Crippen molar-refractivity contribution >= 4 is 17.4 Å². The average Bonchev–Trinajstić information content (AvgIpc) is 3.13. The number of hydrogen-bond acceptors (Lipinski definition) is 4. The molecule has 1 aromatic carbocycles. The number of fused-ring (bicyclic) bond motifs is 3. The van der Waals surface area contributed by atoms with Crippen molar-refractivity contribution in [1.29, 1.82) is 0 Å². The molecule has 2 amide bonds. The summed E-state index contributed by atoms with van der Waals surface area (Å²) in [5.74, 6) is 0.248. The molecule has 0 bridgehead atoms. The largest absolute Gasteiger partial charge is 0.356 e. The van der Waals surface area contributed by atoms with Crippen molar-refractivity contribution in [2.75, 3.05) is 6.54 Å². The molecule has 0 fully saturated rings. The summed E-state index contributed by atoms with van der Waals surface area (Å²) in [6.45, 7) is 13.1. The first-order chi connectivity index (χ1) is 15.4. The van der Waals surface area contributed by atoms with Gasteiger partial charge in [-0.05, 0) is 24.0 Å². The van der Waals surface area contributed by atoms with Crippen LogP contribution < -0.4 is 5.32 Å². The van der Waals surface area contributed by atoms with Crippen molar-refractivity contribution in [3.63, 3.8) is 0 Å². The molecule has 7 heteroatoms. The van der Waals surface area contributed by atoms with E-state index in [1.165, 1.54) is 0 Å². The Hall–Kier alpha value is -3.48. The number of rotatable bonds is 8. The maximum Gasteiger partial charge on any atom is 0.227 e. The summed E-state index contributed by atoms with van der Waals surface area (Å²) in [5, 5.41) is 11.5. The second kappa shape index (κ2) is 10.2. The second-order valence-corrected chi connectivity index (χ2v) is 8.29. The number of allylic oxidation sites excluding steroid dienone is 3. The van der Waals surface area contributed by atoms with Crippen LogP contribution in [0.5, 0.6) is 0 Å². The van der Waals surface area contributed by atoms with Gasteiger partial charge in [-0.25, -0.2) is 4.68 Å². The third-order valence-electron chi connectivity index (χ3n) is 5.56. The minimum atomic E-state index is -0.152. The number of carbonyl (C=O) groups is 2. The number of nitrogens with zero attached hydrogens (tertiary/aromatic N) is 4. The lowest BCUT2D eigenvalue weighted by atomic mass is 9.95. The summed E-state index contributed by atoms with van der Waals surface area (Å²) >= 11 is 0. The van der Waals surface area contributed by atoms with Gasteiger partial charge in [0, 0.05) is 37.6 Å². The number of hydrogen-bond donors (Lipinski definition) is 1. The van der Waals surface area contributed by atoms with Gasteiger partial charge in [-0.2, -0.15) is 0 Å². The lowest BCUT2D eigenvalue weighted by Crippen LogP contribution is -2.33. The number of aryl methyl sites for hydroxylation is 1. The summed E-state index contributed by atoms with van der Waals surface area (Å²) in [6.07, 6.45) is 4.47. The summed E-state index contributed by atoms with van der Waals surface area (Å²) in [6, 6.07) is 7.89. The molecule has 3 rings (SSSR count). The van der Waals surface area contributed by atoms with Gasteiger partial charge in [-0.3, -0.25) is 9.59 Å². The first-order valence-corrected chi connectivity index (χ1v) is 10.9. The Morgan fingerprint density at radius 1 is 1.19 bits per heavy atom. The van der Waals surface area contributed by atoms with Crippen LogP contribution in [0.4, 0.5) is 0 Å². The molecule has 0 saturated carbocycles. The number of nitrogens with one attached hydrogen (secondary N) is 1. The third kappa shape index (κ3) is 4.88. The van der Waals surface area contributed by atoms with Crippen LogP contribution in [0.25, 0.3) is 16.8 Å². The molecular formula is C25H31N5O2. The van der Waals surface area contributed by atoms with Gasteiger partial charge in [-0.15, -0.1) is 5.10 Å². The van der Waals surface area contributed by atoms with E-state index in [1.807, 2.05) is 31.3 Å². The third-order valence-corrected chi connectivity index (χ3v) is 5.56. The summed E-state index contributed by atoms with van der Waals surface area (Å²) < 4.78 is 1.73. The van der Waals surface area contributed by atoms with Crippen LogP contribution in [0, 0.1) is 5.92 Å². The van der Waals surface area contributed by atoms with E-state index in [1.54, 1.807) is 21.7 Å². The standard InChI is InChI=1S/C25H31N5O2/c1-6-19-21(7-2)30(23(32)13-12-22(31)26-15-14-17(3)4)16-18-10-8-9-11-20(18)25-24(19)27-28-29(25)5/h6-11,17H,1-2,12-16H2,3-5H3,(H,26,31)/b21-19-. The highest BCUT2D eigenvalue weighted by Gasteiger charge is 2.28. The molecule has 0 spiro atoms. The highest BCUT2D eigenvalue weighted by atomic mass is 16.2. The Kier molecular flexibility index (Phi) is 7.41. The lowest BCUT2D eigenvalue weighted by Gasteiger charge is -2.29. The summed E-state index contributed by atoms with van der Waals surface area (Å²) in [7, 11) is 1.85. The number of benzene rings is 1. The molecule has 0 aliphatic carbocycles. The Morgan fingerprint density at radius 3 is 2.62 bits per heavy atom. The molecule has 1 N–H and O–H groups in total. The van der Waals surface area contributed by atoms with Crippen molar-refractivity contribution in [3.05, 3.63) is 66.5 Å². The van der Waals surface area contributed by atoms with E-state index in [4.69, 9.17) is 0 Å². The van der Waals surface area contributed by atoms with Gasteiger partial charge in [-0.1, -0.05) is 62.6 Å². The summed E-state index contributed by atoms with van der Waals surface area (Å²) in [5.41, 5.74) is 4.74. The van der Waals surface area contributed by atoms with Crippen LogP contribution >= 0.6 is 0 Å². The van der Waals surface area contributed by atoms with E-state index in [0.717, 1.165) is 23.2 Å². The summed E-state index contributed by atoms with van der Waals surface area (Å²) in [4.78, 5) is 27.2. The minimum Gasteiger partial charge on any atom is -0.356 e. The molecule has 1 aliphatic heterocycles. The molecule has 1 aliphatic rings. The number of carbonyl (C=O) groups excluding carboxylic acids is 2. The molecule has 0 unspecified atom stereocenters. The Morgan fingerprint density at radius 2 is 1.94 bits per heavy atom. The normalized spacial score (nSPS) is 15.4. The Balaban J connectivity index is 1.93. The first-order valence-electron chi connectivity index (χ1n) is 10.9. The number of aromatic nitrogens is 3. The van der Waals surface area contributed by atoms with Gasteiger partial charge in [0.2, 0.25) is 11.8 Å². The fraction of sp³-hybridized carbons (Fsp3) is 0.360. The van der Waals surface area contributed by atoms with Gasteiger partial charge in [0.05, 0.1) is 17.9 Å². The molecule has 0 radical (unpaired) electrons. The van der Waals surface area contributed by atoms with Crippen molar-refractivity contribution in [3.8, 4) is 11.3 Å². The Labute approximate surface area is 189 Å². The van der Waals surface area contributed by atoms with Crippen LogP contribution in [0.15, 0.2) is 55.3 Å². The zero-order valence-electron chi connectivity index (χ0n) is 19.1. The molecule has 32 heavy (non-hydrogen) atoms. The number of amides is 2. The van der Waals surface area contributed by atoms with Crippen LogP contribution in [0.3, 0.4) is 0 Å². The van der Waals surface area contributed by atoms with E-state index in [9.17, 15) is 9.59 Å². The van der Waals surface area contributed by atoms with E-state index in [0.29, 0.717) is 36.0 Å². The van der Waals surface area contributed by atoms with Gasteiger partial charge in [0.15, 0.2) is 0 Å². The van der Waals surface area contributed by atoms with E-state index >= 15 is 0 Å². The van der Waals surface area contributed by atoms with Gasteiger partial charge in [0.25, 0.3) is 0 Å². The van der Waals surface area contributed by atoms with Gasteiger partial charge < -0.3 is 10.2 Å². The maximum absolute atomic E-state index is 13.3. The molecular weight excluding hydrogens is 402 g/mol. The van der Waals surface area contributed by atoms with Gasteiger partial charge in [0.1, 0.15) is 5.69 Å². The van der Waals surface area contributed by atoms with Crippen molar-refractivity contribution in [2.24, 2.45) is 13.0 Å². The monoisotopic (exact) mass is 433 g/mol. The topological polar surface area (TPSA) is 80.1 Å². The Bertz CT molecular complexity index is 1060. The van der Waals surface area contributed by atoms with E-state index < -0.39 is 0 Å². The fourth-order valence-electron chi connectivity index (χ4n) is 3.84. The smallest absolute Gasteiger partial charge is 0.227 e. The maximum atomic E-state index is 13.3. The highest BCUT2D eigenvalue weighted by Crippen LogP contribution is 2.36. The zero-order valence-corrected chi connectivity index (χ0v) is 19.1. The molecule has 1 aromatic heterocycles. The van der Waals surface area contributed by atoms with E-state index in [-0.39, 0.29) is 24.7 Å². The van der Waals surface area contributed by atoms with Crippen molar-refractivity contribution in [1.82, 2.24) is 25.2 Å². The zero-order chi connectivity index (χ0) is 23.3. The van der Waals surface area contributed by atoms with Crippen molar-refractivity contribution < 1.29 is 9.59 Å². The fourth-order valence-corrected chi connectivity index (χ4v) is 3.84. The predicted molar refractivity (Wildman–Crippen MR) is 126 cm³/mol. The van der Waals surface area contributed by atoms with Crippen LogP contribution in [0.2, 0.25) is 0 Å². The molecule has 168 valence electrons. The molecule has 2 aromatic rings. The predicted octanol–water partition coefficient (Wildman–Crippen LogP) is 3.85. The van der Waals surface area contributed by atoms with Crippen LogP contribution in [-0.4, -0.2) is 38.3 Å². The average molecular weight is 434 g/mol. The quantitative estimate of drug-likeness (QED) is 0.686. The lowest BCUT2D eigenvalue weighted by molar-refractivity contribution is -0.132. The second-order valence-electron chi connectivity index (χ2n) is 8.29. The molecule has 0 saturated heterocycles. The van der Waals surface area contributed by atoms with Crippen LogP contribution in [0.1, 0.15) is 44.4 Å².